The van der Waals surface area contributed by atoms with Gasteiger partial charge in [-0.3, -0.25) is 24.8 Å². The summed E-state index contributed by atoms with van der Waals surface area (Å²) in [7, 11) is 0. The number of carbonyl (C=O) groups excluding carboxylic acids is 1. The van der Waals surface area contributed by atoms with Crippen molar-refractivity contribution in [3.8, 4) is 0 Å². The Labute approximate surface area is 265 Å². The summed E-state index contributed by atoms with van der Waals surface area (Å²) in [5.74, 6) is 3.76. The maximum atomic E-state index is 13.4. The molecule has 5 heterocycles. The zero-order valence-electron chi connectivity index (χ0n) is 27.2. The number of nitrogens with zero attached hydrogens (tertiary/aromatic N) is 4. The molecule has 246 valence electrons. The predicted molar refractivity (Wildman–Crippen MR) is 176 cm³/mol. The fourth-order valence-corrected chi connectivity index (χ4v) is 10.4. The minimum Gasteiger partial charge on any atom is -0.379 e. The van der Waals surface area contributed by atoms with Gasteiger partial charge in [-0.1, -0.05) is 13.8 Å². The Morgan fingerprint density at radius 2 is 1.79 bits per heavy atom. The summed E-state index contributed by atoms with van der Waals surface area (Å²) in [6.07, 6.45) is 9.89. The molecule has 43 heavy (non-hydrogen) atoms. The predicted octanol–water partition coefficient (Wildman–Crippen LogP) is 2.09. The second-order valence-corrected chi connectivity index (χ2v) is 15.7. The van der Waals surface area contributed by atoms with Gasteiger partial charge in [0.1, 0.15) is 5.50 Å². The van der Waals surface area contributed by atoms with Gasteiger partial charge in [-0.15, -0.1) is 11.8 Å². The minimum absolute atomic E-state index is 0.230. The number of carbonyl (C=O) groups is 1. The molecule has 1 amide bonds. The Bertz CT molecular complexity index is 870. The molecule has 7 atom stereocenters. The minimum atomic E-state index is 0.230. The highest BCUT2D eigenvalue weighted by molar-refractivity contribution is 8.00. The molecule has 1 aliphatic carbocycles. The Hall–Kier alpha value is -0.460. The van der Waals surface area contributed by atoms with E-state index in [4.69, 9.17) is 4.74 Å². The Kier molecular flexibility index (Phi) is 12.0. The molecule has 10 heteroatoms. The van der Waals surface area contributed by atoms with E-state index < -0.39 is 0 Å². The van der Waals surface area contributed by atoms with Crippen LogP contribution in [0.5, 0.6) is 0 Å². The first-order chi connectivity index (χ1) is 21.0. The van der Waals surface area contributed by atoms with E-state index in [0.717, 1.165) is 82.5 Å². The van der Waals surface area contributed by atoms with Crippen LogP contribution in [-0.4, -0.2) is 146 Å². The molecular weight excluding hydrogens is 558 g/mol. The number of amides is 1. The number of morpholine rings is 1. The lowest BCUT2D eigenvalue weighted by Gasteiger charge is -2.50. The van der Waals surface area contributed by atoms with Gasteiger partial charge >= 0.3 is 0 Å². The van der Waals surface area contributed by atoms with Gasteiger partial charge in [0.25, 0.3) is 0 Å². The van der Waals surface area contributed by atoms with Crippen molar-refractivity contribution >= 4 is 17.7 Å². The molecule has 6 aliphatic rings. The zero-order valence-corrected chi connectivity index (χ0v) is 28.0. The summed E-state index contributed by atoms with van der Waals surface area (Å²) in [6.45, 7) is 18.3. The van der Waals surface area contributed by atoms with E-state index in [9.17, 15) is 4.79 Å². The summed E-state index contributed by atoms with van der Waals surface area (Å²) in [5.41, 5.74) is 0.336. The molecule has 0 spiro atoms. The van der Waals surface area contributed by atoms with Crippen molar-refractivity contribution in [2.75, 3.05) is 91.0 Å². The molecular formula is C33H61N7O2S. The smallest absolute Gasteiger partial charge is 0.221 e. The summed E-state index contributed by atoms with van der Waals surface area (Å²) >= 11 is 2.03. The molecule has 3 N–H and O–H groups in total. The van der Waals surface area contributed by atoms with Crippen LogP contribution in [0, 0.1) is 17.8 Å². The summed E-state index contributed by atoms with van der Waals surface area (Å²) in [5, 5.41) is 11.3. The van der Waals surface area contributed by atoms with Crippen LogP contribution >= 0.6 is 11.8 Å². The Balaban J connectivity index is 1.10. The van der Waals surface area contributed by atoms with E-state index in [0.29, 0.717) is 30.0 Å². The van der Waals surface area contributed by atoms with E-state index in [-0.39, 0.29) is 11.9 Å². The number of nitrogens with one attached hydrogen (secondary N) is 3. The molecule has 0 radical (unpaired) electrons. The average Bonchev–Trinajstić information content (AvgIpc) is 3.68. The van der Waals surface area contributed by atoms with Gasteiger partial charge in [0, 0.05) is 75.6 Å². The van der Waals surface area contributed by atoms with Crippen molar-refractivity contribution in [1.82, 2.24) is 35.6 Å². The maximum Gasteiger partial charge on any atom is 0.221 e. The molecule has 0 bridgehead atoms. The Morgan fingerprint density at radius 3 is 2.60 bits per heavy atom. The normalized spacial score (nSPS) is 36.4. The maximum absolute atomic E-state index is 13.4. The fraction of sp³-hybridized carbons (Fsp3) is 0.970. The van der Waals surface area contributed by atoms with Crippen LogP contribution in [0.3, 0.4) is 0 Å². The van der Waals surface area contributed by atoms with Crippen molar-refractivity contribution in [3.63, 3.8) is 0 Å². The van der Waals surface area contributed by atoms with Crippen molar-refractivity contribution in [1.29, 1.82) is 0 Å². The van der Waals surface area contributed by atoms with Crippen molar-refractivity contribution in [2.45, 2.75) is 94.9 Å². The number of rotatable bonds is 10. The number of thioether (sulfide) groups is 1. The van der Waals surface area contributed by atoms with Gasteiger partial charge in [-0.25, -0.2) is 0 Å². The van der Waals surface area contributed by atoms with Crippen molar-refractivity contribution in [2.24, 2.45) is 17.8 Å². The lowest BCUT2D eigenvalue weighted by molar-refractivity contribution is -0.122. The summed E-state index contributed by atoms with van der Waals surface area (Å²) < 4.78 is 5.63. The molecule has 0 aromatic carbocycles. The van der Waals surface area contributed by atoms with E-state index >= 15 is 0 Å². The SMILES string of the molecule is CC(C)C1CC2CCCNC2C(N2CCCN(C(CC(=O)NCCN3CCCC3)C3CSC(N4CCOCC4)N3)CC2)C1. The van der Waals surface area contributed by atoms with Gasteiger partial charge in [0.05, 0.1) is 13.2 Å². The lowest BCUT2D eigenvalue weighted by Crippen LogP contribution is -2.60. The quantitative estimate of drug-likeness (QED) is 0.341. The van der Waals surface area contributed by atoms with Gasteiger partial charge < -0.3 is 20.3 Å². The van der Waals surface area contributed by atoms with E-state index in [1.807, 2.05) is 11.8 Å². The second-order valence-electron chi connectivity index (χ2n) is 14.6. The largest absolute Gasteiger partial charge is 0.379 e. The van der Waals surface area contributed by atoms with Crippen molar-refractivity contribution < 1.29 is 9.53 Å². The molecule has 5 aliphatic heterocycles. The van der Waals surface area contributed by atoms with Crippen molar-refractivity contribution in [3.05, 3.63) is 0 Å². The zero-order chi connectivity index (χ0) is 29.6. The topological polar surface area (TPSA) is 75.4 Å². The van der Waals surface area contributed by atoms with E-state index in [1.54, 1.807) is 0 Å². The van der Waals surface area contributed by atoms with E-state index in [1.165, 1.54) is 71.1 Å². The molecule has 0 aromatic rings. The lowest BCUT2D eigenvalue weighted by atomic mass is 9.68. The van der Waals surface area contributed by atoms with Crippen LogP contribution in [0.1, 0.15) is 65.2 Å². The first-order valence-corrected chi connectivity index (χ1v) is 19.0. The molecule has 7 unspecified atom stereocenters. The third-order valence-electron chi connectivity index (χ3n) is 11.6. The molecule has 1 saturated carbocycles. The number of fused-ring (bicyclic) bond motifs is 1. The number of hydrogen-bond acceptors (Lipinski definition) is 9. The molecule has 0 aromatic heterocycles. The van der Waals surface area contributed by atoms with Crippen LogP contribution in [0.25, 0.3) is 0 Å². The Morgan fingerprint density at radius 1 is 0.953 bits per heavy atom. The first kappa shape index (κ1) is 32.5. The van der Waals surface area contributed by atoms with Gasteiger partial charge in [0.15, 0.2) is 0 Å². The molecule has 5 saturated heterocycles. The number of likely N-dealkylation sites (tertiary alicyclic amines) is 1. The molecule has 6 rings (SSSR count). The van der Waals surface area contributed by atoms with Gasteiger partial charge in [-0.2, -0.15) is 0 Å². The van der Waals surface area contributed by atoms with Gasteiger partial charge in [-0.05, 0) is 95.4 Å². The van der Waals surface area contributed by atoms with Crippen LogP contribution in [0.15, 0.2) is 0 Å². The summed E-state index contributed by atoms with van der Waals surface area (Å²) in [6, 6.07) is 1.89. The average molecular weight is 620 g/mol. The van der Waals surface area contributed by atoms with Crippen LogP contribution in [0.4, 0.5) is 0 Å². The van der Waals surface area contributed by atoms with Crippen LogP contribution in [0.2, 0.25) is 0 Å². The summed E-state index contributed by atoms with van der Waals surface area (Å²) in [4.78, 5) is 24.0. The standard InChI is InChI=1S/C33H61N7O2S/c1-25(2)27-21-26-7-5-8-35-32(26)30(22-27)39-13-6-12-38(15-16-39)29(23-31(41)34-9-14-37-10-3-4-11-37)28-24-43-33(36-28)40-17-19-42-20-18-40/h25-30,32-33,35-36H,3-24H2,1-2H3,(H,34,41). The second kappa shape index (κ2) is 15.9. The fourth-order valence-electron chi connectivity index (χ4n) is 9.04. The van der Waals surface area contributed by atoms with Gasteiger partial charge in [0.2, 0.25) is 5.91 Å². The monoisotopic (exact) mass is 619 g/mol. The highest BCUT2D eigenvalue weighted by atomic mass is 32.2. The highest BCUT2D eigenvalue weighted by Gasteiger charge is 2.43. The van der Waals surface area contributed by atoms with Crippen LogP contribution < -0.4 is 16.0 Å². The molecule has 9 nitrogen and oxygen atoms in total. The van der Waals surface area contributed by atoms with Crippen LogP contribution in [-0.2, 0) is 9.53 Å². The number of hydrogen-bond donors (Lipinski definition) is 3. The molecule has 6 fully saturated rings. The first-order valence-electron chi connectivity index (χ1n) is 17.9. The number of piperidine rings is 1. The van der Waals surface area contributed by atoms with E-state index in [2.05, 4.69) is 49.4 Å². The number of ether oxygens (including phenoxy) is 1. The third kappa shape index (κ3) is 8.47. The third-order valence-corrected chi connectivity index (χ3v) is 12.9. The highest BCUT2D eigenvalue weighted by Crippen LogP contribution is 2.40.